The van der Waals surface area contributed by atoms with Gasteiger partial charge in [-0.3, -0.25) is 0 Å². The summed E-state index contributed by atoms with van der Waals surface area (Å²) >= 11 is 0. The zero-order valence-electron chi connectivity index (χ0n) is 10.1. The SMILES string of the molecule is COC(=O)/C=C(/C(OC)OC)N1CCCC1. The minimum atomic E-state index is -0.516. The lowest BCUT2D eigenvalue weighted by Gasteiger charge is -2.26. The molecule has 0 radical (unpaired) electrons. The molecule has 16 heavy (non-hydrogen) atoms. The number of carbonyl (C=O) groups is 1. The second-order valence-electron chi connectivity index (χ2n) is 3.59. The van der Waals surface area contributed by atoms with Gasteiger partial charge in [-0.05, 0) is 12.8 Å². The Morgan fingerprint density at radius 2 is 1.75 bits per heavy atom. The Kier molecular flexibility index (Phi) is 5.28. The Bertz CT molecular complexity index is 251. The summed E-state index contributed by atoms with van der Waals surface area (Å²) < 4.78 is 15.0. The molecular weight excluding hydrogens is 210 g/mol. The summed E-state index contributed by atoms with van der Waals surface area (Å²) in [5.41, 5.74) is 0.731. The number of esters is 1. The van der Waals surface area contributed by atoms with Gasteiger partial charge in [-0.1, -0.05) is 0 Å². The van der Waals surface area contributed by atoms with Gasteiger partial charge in [0.05, 0.1) is 12.8 Å². The molecule has 0 aromatic heterocycles. The fourth-order valence-corrected chi connectivity index (χ4v) is 1.80. The number of ether oxygens (including phenoxy) is 3. The van der Waals surface area contributed by atoms with Crippen LogP contribution in [0.1, 0.15) is 12.8 Å². The van der Waals surface area contributed by atoms with E-state index in [-0.39, 0.29) is 5.97 Å². The molecule has 0 aromatic carbocycles. The minimum absolute atomic E-state index is 0.388. The molecule has 1 saturated heterocycles. The second-order valence-corrected chi connectivity index (χ2v) is 3.59. The number of nitrogens with zero attached hydrogens (tertiary/aromatic N) is 1. The van der Waals surface area contributed by atoms with Crippen molar-refractivity contribution in [2.24, 2.45) is 0 Å². The van der Waals surface area contributed by atoms with E-state index in [9.17, 15) is 4.79 Å². The van der Waals surface area contributed by atoms with E-state index in [0.717, 1.165) is 31.6 Å². The van der Waals surface area contributed by atoms with Crippen LogP contribution in [0, 0.1) is 0 Å². The maximum atomic E-state index is 11.3. The van der Waals surface area contributed by atoms with Gasteiger partial charge >= 0.3 is 5.97 Å². The number of hydrogen-bond acceptors (Lipinski definition) is 5. The monoisotopic (exact) mass is 229 g/mol. The topological polar surface area (TPSA) is 48.0 Å². The van der Waals surface area contributed by atoms with E-state index in [1.807, 2.05) is 0 Å². The fraction of sp³-hybridized carbons (Fsp3) is 0.727. The predicted molar refractivity (Wildman–Crippen MR) is 58.7 cm³/mol. The summed E-state index contributed by atoms with van der Waals surface area (Å²) in [7, 11) is 4.46. The normalized spacial score (nSPS) is 17.0. The highest BCUT2D eigenvalue weighted by Gasteiger charge is 2.23. The van der Waals surface area contributed by atoms with Gasteiger partial charge in [-0.15, -0.1) is 0 Å². The van der Waals surface area contributed by atoms with Crippen molar-refractivity contribution >= 4 is 5.97 Å². The zero-order chi connectivity index (χ0) is 12.0. The van der Waals surface area contributed by atoms with Crippen molar-refractivity contribution in [3.63, 3.8) is 0 Å². The van der Waals surface area contributed by atoms with Gasteiger partial charge in [0.2, 0.25) is 0 Å². The summed E-state index contributed by atoms with van der Waals surface area (Å²) in [4.78, 5) is 13.4. The van der Waals surface area contributed by atoms with E-state index in [2.05, 4.69) is 9.64 Å². The molecule has 0 atom stereocenters. The average Bonchev–Trinajstić information content (AvgIpc) is 2.82. The molecule has 1 aliphatic heterocycles. The third-order valence-electron chi connectivity index (χ3n) is 2.61. The molecule has 1 rings (SSSR count). The number of carbonyl (C=O) groups excluding carboxylic acids is 1. The van der Waals surface area contributed by atoms with Crippen LogP contribution >= 0.6 is 0 Å². The third kappa shape index (κ3) is 3.21. The molecule has 0 aromatic rings. The van der Waals surface area contributed by atoms with Gasteiger partial charge in [0.1, 0.15) is 0 Å². The van der Waals surface area contributed by atoms with Crippen molar-refractivity contribution < 1.29 is 19.0 Å². The molecule has 0 bridgehead atoms. The maximum absolute atomic E-state index is 11.3. The lowest BCUT2D eigenvalue weighted by molar-refractivity contribution is -0.135. The van der Waals surface area contributed by atoms with Gasteiger partial charge in [0, 0.05) is 33.4 Å². The van der Waals surface area contributed by atoms with Crippen LogP contribution in [0.25, 0.3) is 0 Å². The van der Waals surface area contributed by atoms with Crippen LogP contribution in [0.3, 0.4) is 0 Å². The molecule has 0 unspecified atom stereocenters. The summed E-state index contributed by atoms with van der Waals surface area (Å²) in [6, 6.07) is 0. The molecular formula is C11H19NO4. The Balaban J connectivity index is 2.82. The van der Waals surface area contributed by atoms with E-state index in [1.54, 1.807) is 14.2 Å². The average molecular weight is 229 g/mol. The molecule has 1 heterocycles. The summed E-state index contributed by atoms with van der Waals surface area (Å²) in [5.74, 6) is -0.388. The molecule has 5 heteroatoms. The van der Waals surface area contributed by atoms with Crippen LogP contribution in [0.4, 0.5) is 0 Å². The highest BCUT2D eigenvalue weighted by molar-refractivity contribution is 5.82. The fourth-order valence-electron chi connectivity index (χ4n) is 1.80. The predicted octanol–water partition coefficient (Wildman–Crippen LogP) is 0.758. The first-order valence-corrected chi connectivity index (χ1v) is 5.33. The standard InChI is InChI=1S/C11H19NO4/c1-14-10(13)8-9(11(15-2)16-3)12-6-4-5-7-12/h8,11H,4-7H2,1-3H3/b9-8-. The van der Waals surface area contributed by atoms with Crippen LogP contribution < -0.4 is 0 Å². The maximum Gasteiger partial charge on any atom is 0.332 e. The van der Waals surface area contributed by atoms with Gasteiger partial charge in [-0.2, -0.15) is 0 Å². The lowest BCUT2D eigenvalue weighted by atomic mass is 10.3. The van der Waals surface area contributed by atoms with Crippen LogP contribution in [0.5, 0.6) is 0 Å². The molecule has 0 saturated carbocycles. The second kappa shape index (κ2) is 6.50. The quantitative estimate of drug-likeness (QED) is 0.396. The Labute approximate surface area is 96.0 Å². The molecule has 0 aliphatic carbocycles. The molecule has 0 N–H and O–H groups in total. The van der Waals surface area contributed by atoms with Crippen LogP contribution in [0.2, 0.25) is 0 Å². The van der Waals surface area contributed by atoms with Crippen molar-refractivity contribution in [2.45, 2.75) is 19.1 Å². The highest BCUT2D eigenvalue weighted by atomic mass is 16.7. The van der Waals surface area contributed by atoms with Gasteiger partial charge in [0.15, 0.2) is 6.29 Å². The number of hydrogen-bond donors (Lipinski definition) is 0. The Hall–Kier alpha value is -1.07. The van der Waals surface area contributed by atoms with Gasteiger partial charge in [-0.25, -0.2) is 4.79 Å². The van der Waals surface area contributed by atoms with Crippen molar-refractivity contribution in [3.05, 3.63) is 11.8 Å². The Morgan fingerprint density at radius 1 is 1.19 bits per heavy atom. The summed E-state index contributed by atoms with van der Waals surface area (Å²) in [6.07, 6.45) is 3.16. The molecule has 1 aliphatic rings. The molecule has 1 fully saturated rings. The van der Waals surface area contributed by atoms with Crippen LogP contribution in [0.15, 0.2) is 11.8 Å². The number of rotatable bonds is 5. The van der Waals surface area contributed by atoms with Gasteiger partial charge < -0.3 is 19.1 Å². The first-order chi connectivity index (χ1) is 7.72. The van der Waals surface area contributed by atoms with E-state index in [1.165, 1.54) is 13.2 Å². The molecule has 0 amide bonds. The van der Waals surface area contributed by atoms with E-state index in [0.29, 0.717) is 0 Å². The van der Waals surface area contributed by atoms with Crippen LogP contribution in [-0.4, -0.2) is 51.6 Å². The number of likely N-dealkylation sites (tertiary alicyclic amines) is 1. The van der Waals surface area contributed by atoms with E-state index >= 15 is 0 Å². The van der Waals surface area contributed by atoms with E-state index in [4.69, 9.17) is 9.47 Å². The molecule has 0 spiro atoms. The lowest BCUT2D eigenvalue weighted by Crippen LogP contribution is -2.31. The number of methoxy groups -OCH3 is 3. The summed E-state index contributed by atoms with van der Waals surface area (Å²) in [6.45, 7) is 1.85. The first-order valence-electron chi connectivity index (χ1n) is 5.33. The first kappa shape index (κ1) is 13.0. The van der Waals surface area contributed by atoms with Crippen molar-refractivity contribution in [1.29, 1.82) is 0 Å². The largest absolute Gasteiger partial charge is 0.466 e. The highest BCUT2D eigenvalue weighted by Crippen LogP contribution is 2.19. The summed E-state index contributed by atoms with van der Waals surface area (Å²) in [5, 5.41) is 0. The van der Waals surface area contributed by atoms with Crippen molar-refractivity contribution in [1.82, 2.24) is 4.90 Å². The minimum Gasteiger partial charge on any atom is -0.466 e. The third-order valence-corrected chi connectivity index (χ3v) is 2.61. The van der Waals surface area contributed by atoms with Crippen LogP contribution in [-0.2, 0) is 19.0 Å². The Morgan fingerprint density at radius 3 is 2.19 bits per heavy atom. The molecule has 92 valence electrons. The van der Waals surface area contributed by atoms with Gasteiger partial charge in [0.25, 0.3) is 0 Å². The van der Waals surface area contributed by atoms with Crippen molar-refractivity contribution in [2.75, 3.05) is 34.4 Å². The van der Waals surface area contributed by atoms with E-state index < -0.39 is 6.29 Å². The van der Waals surface area contributed by atoms with Crippen molar-refractivity contribution in [3.8, 4) is 0 Å². The molecule has 5 nitrogen and oxygen atoms in total. The zero-order valence-corrected chi connectivity index (χ0v) is 10.1. The smallest absolute Gasteiger partial charge is 0.332 e.